The molecule has 3 fully saturated rings. The molecule has 0 aliphatic heterocycles. The van der Waals surface area contributed by atoms with Gasteiger partial charge in [-0.05, 0) is 78.6 Å². The van der Waals surface area contributed by atoms with E-state index in [9.17, 15) is 9.90 Å². The Kier molecular flexibility index (Phi) is 3.41. The minimum absolute atomic E-state index is 0.122. The van der Waals surface area contributed by atoms with Gasteiger partial charge in [0.15, 0.2) is 5.78 Å². The zero-order valence-electron chi connectivity index (χ0n) is 15.1. The molecule has 0 aromatic carbocycles. The van der Waals surface area contributed by atoms with Crippen LogP contribution in [-0.2, 0) is 4.79 Å². The maximum absolute atomic E-state index is 11.9. The van der Waals surface area contributed by atoms with Gasteiger partial charge in [-0.2, -0.15) is 0 Å². The number of rotatable bonds is 0. The minimum atomic E-state index is -0.127. The lowest BCUT2D eigenvalue weighted by atomic mass is 9.45. The minimum Gasteiger partial charge on any atom is -0.392 e. The molecule has 0 amide bonds. The van der Waals surface area contributed by atoms with Crippen molar-refractivity contribution in [3.63, 3.8) is 0 Å². The Morgan fingerprint density at radius 2 is 1.87 bits per heavy atom. The van der Waals surface area contributed by atoms with Crippen LogP contribution in [0.15, 0.2) is 11.6 Å². The van der Waals surface area contributed by atoms with E-state index < -0.39 is 0 Å². The SMILES string of the molecule is C[C@@H]1CC2=CC(=O)CC[C@]2(C)[C@H]2CC[C@]3(C)[C@@H](O)[C@H](C)C[C@H]3[C@H]12. The first-order valence-electron chi connectivity index (χ1n) is 9.69. The average Bonchev–Trinajstić information content (AvgIpc) is 2.73. The van der Waals surface area contributed by atoms with Gasteiger partial charge in [0.1, 0.15) is 0 Å². The Hall–Kier alpha value is -0.630. The van der Waals surface area contributed by atoms with Crippen LogP contribution in [0.4, 0.5) is 0 Å². The zero-order chi connectivity index (χ0) is 16.6. The molecule has 0 heterocycles. The van der Waals surface area contributed by atoms with E-state index in [2.05, 4.69) is 27.7 Å². The number of ketones is 1. The van der Waals surface area contributed by atoms with Crippen LogP contribution in [0.3, 0.4) is 0 Å². The molecular formula is C21H32O2. The summed E-state index contributed by atoms with van der Waals surface area (Å²) in [7, 11) is 0. The third kappa shape index (κ3) is 2.00. The van der Waals surface area contributed by atoms with Gasteiger partial charge in [-0.3, -0.25) is 4.79 Å². The first kappa shape index (κ1) is 15.9. The highest BCUT2D eigenvalue weighted by Crippen LogP contribution is 2.67. The second-order valence-electron chi connectivity index (χ2n) is 9.73. The predicted molar refractivity (Wildman–Crippen MR) is 91.8 cm³/mol. The number of carbonyl (C=O) groups excluding carboxylic acids is 1. The summed E-state index contributed by atoms with van der Waals surface area (Å²) in [5.74, 6) is 3.52. The normalized spacial score (nSPS) is 55.7. The lowest BCUT2D eigenvalue weighted by Gasteiger charge is -2.59. The summed E-state index contributed by atoms with van der Waals surface area (Å²) in [5.41, 5.74) is 1.80. The highest BCUT2D eigenvalue weighted by molar-refractivity contribution is 5.91. The topological polar surface area (TPSA) is 37.3 Å². The van der Waals surface area contributed by atoms with Crippen LogP contribution in [0.2, 0.25) is 0 Å². The molecule has 0 unspecified atom stereocenters. The van der Waals surface area contributed by atoms with Crippen LogP contribution < -0.4 is 0 Å². The van der Waals surface area contributed by atoms with Gasteiger partial charge in [-0.1, -0.05) is 33.3 Å². The smallest absolute Gasteiger partial charge is 0.155 e. The van der Waals surface area contributed by atoms with E-state index in [0.29, 0.717) is 29.5 Å². The average molecular weight is 316 g/mol. The third-order valence-electron chi connectivity index (χ3n) is 8.59. The largest absolute Gasteiger partial charge is 0.392 e. The van der Waals surface area contributed by atoms with E-state index in [4.69, 9.17) is 0 Å². The Bertz CT molecular complexity index is 564. The Morgan fingerprint density at radius 1 is 1.13 bits per heavy atom. The number of aliphatic hydroxyl groups excluding tert-OH is 1. The third-order valence-corrected chi connectivity index (χ3v) is 8.59. The molecule has 2 heteroatoms. The van der Waals surface area contributed by atoms with Gasteiger partial charge >= 0.3 is 0 Å². The maximum atomic E-state index is 11.9. The fourth-order valence-electron chi connectivity index (χ4n) is 7.25. The summed E-state index contributed by atoms with van der Waals surface area (Å²) < 4.78 is 0. The van der Waals surface area contributed by atoms with Gasteiger partial charge in [0.05, 0.1) is 6.10 Å². The van der Waals surface area contributed by atoms with Crippen LogP contribution in [0.25, 0.3) is 0 Å². The van der Waals surface area contributed by atoms with E-state index in [0.717, 1.165) is 31.6 Å². The molecule has 4 aliphatic rings. The van der Waals surface area contributed by atoms with Crippen LogP contribution in [0.5, 0.6) is 0 Å². The molecular weight excluding hydrogens is 284 g/mol. The highest BCUT2D eigenvalue weighted by Gasteiger charge is 2.61. The van der Waals surface area contributed by atoms with Crippen molar-refractivity contribution in [1.29, 1.82) is 0 Å². The Balaban J connectivity index is 1.74. The van der Waals surface area contributed by atoms with Crippen LogP contribution in [0, 0.1) is 40.4 Å². The molecule has 23 heavy (non-hydrogen) atoms. The monoisotopic (exact) mass is 316 g/mol. The van der Waals surface area contributed by atoms with Crippen molar-refractivity contribution in [2.75, 3.05) is 0 Å². The molecule has 0 bridgehead atoms. The summed E-state index contributed by atoms with van der Waals surface area (Å²) in [4.78, 5) is 11.9. The lowest BCUT2D eigenvalue weighted by molar-refractivity contribution is -0.119. The van der Waals surface area contributed by atoms with Gasteiger partial charge in [-0.25, -0.2) is 0 Å². The Morgan fingerprint density at radius 3 is 2.61 bits per heavy atom. The van der Waals surface area contributed by atoms with E-state index in [-0.39, 0.29) is 16.9 Å². The number of hydrogen-bond donors (Lipinski definition) is 1. The molecule has 4 aliphatic carbocycles. The van der Waals surface area contributed by atoms with E-state index in [1.54, 1.807) is 0 Å². The molecule has 0 aromatic rings. The summed E-state index contributed by atoms with van der Waals surface area (Å²) in [6.07, 6.45) is 8.33. The predicted octanol–water partition coefficient (Wildman–Crippen LogP) is 4.37. The van der Waals surface area contributed by atoms with Gasteiger partial charge in [0, 0.05) is 6.42 Å². The molecule has 1 N–H and O–H groups in total. The number of fused-ring (bicyclic) bond motifs is 5. The number of hydrogen-bond acceptors (Lipinski definition) is 2. The van der Waals surface area contributed by atoms with Crippen LogP contribution in [-0.4, -0.2) is 17.0 Å². The van der Waals surface area contributed by atoms with Crippen LogP contribution in [0.1, 0.15) is 66.2 Å². The molecule has 0 saturated heterocycles. The lowest BCUT2D eigenvalue weighted by Crippen LogP contribution is -2.53. The van der Waals surface area contributed by atoms with E-state index >= 15 is 0 Å². The fourth-order valence-corrected chi connectivity index (χ4v) is 7.25. The quantitative estimate of drug-likeness (QED) is 0.720. The number of allylic oxidation sites excluding steroid dienone is 1. The van der Waals surface area contributed by atoms with E-state index in [1.165, 1.54) is 18.4 Å². The fraction of sp³-hybridized carbons (Fsp3) is 0.857. The number of carbonyl (C=O) groups is 1. The molecule has 0 aromatic heterocycles. The van der Waals surface area contributed by atoms with Gasteiger partial charge in [-0.15, -0.1) is 0 Å². The van der Waals surface area contributed by atoms with Crippen molar-refractivity contribution in [3.8, 4) is 0 Å². The Labute approximate surface area is 140 Å². The molecule has 0 radical (unpaired) electrons. The summed E-state index contributed by atoms with van der Waals surface area (Å²) in [5, 5.41) is 10.8. The molecule has 0 spiro atoms. The zero-order valence-corrected chi connectivity index (χ0v) is 15.1. The van der Waals surface area contributed by atoms with Gasteiger partial charge in [0.2, 0.25) is 0 Å². The molecule has 128 valence electrons. The second-order valence-corrected chi connectivity index (χ2v) is 9.73. The highest BCUT2D eigenvalue weighted by atomic mass is 16.3. The molecule has 3 saturated carbocycles. The van der Waals surface area contributed by atoms with Crippen LogP contribution >= 0.6 is 0 Å². The summed E-state index contributed by atoms with van der Waals surface area (Å²) in [6, 6.07) is 0. The molecule has 8 atom stereocenters. The van der Waals surface area contributed by atoms with Gasteiger partial charge in [0.25, 0.3) is 0 Å². The van der Waals surface area contributed by atoms with Gasteiger partial charge < -0.3 is 5.11 Å². The first-order valence-corrected chi connectivity index (χ1v) is 9.69. The van der Waals surface area contributed by atoms with Crippen molar-refractivity contribution in [2.45, 2.75) is 72.3 Å². The standard InChI is InChI=1S/C21H32O2/c1-12-9-14-11-15(22)5-7-20(14,3)16-6-8-21(4)17(18(12)16)10-13(2)19(21)23/h11-13,16-19,23H,5-10H2,1-4H3/t12-,13-,16+,17+,18-,19+,20+,21+/m1/s1. The second kappa shape index (κ2) is 4.94. The maximum Gasteiger partial charge on any atom is 0.155 e. The van der Waals surface area contributed by atoms with Crippen molar-refractivity contribution < 1.29 is 9.90 Å². The van der Waals surface area contributed by atoms with Crippen molar-refractivity contribution >= 4 is 5.78 Å². The van der Waals surface area contributed by atoms with Crippen molar-refractivity contribution in [1.82, 2.24) is 0 Å². The summed E-state index contributed by atoms with van der Waals surface area (Å²) in [6.45, 7) is 9.43. The summed E-state index contributed by atoms with van der Waals surface area (Å²) >= 11 is 0. The number of aliphatic hydroxyl groups is 1. The molecule has 4 rings (SSSR count). The van der Waals surface area contributed by atoms with Crippen molar-refractivity contribution in [2.24, 2.45) is 40.4 Å². The molecule has 2 nitrogen and oxygen atoms in total. The van der Waals surface area contributed by atoms with E-state index in [1.807, 2.05) is 6.08 Å². The first-order chi connectivity index (χ1) is 10.8. The van der Waals surface area contributed by atoms with Crippen molar-refractivity contribution in [3.05, 3.63) is 11.6 Å².